The summed E-state index contributed by atoms with van der Waals surface area (Å²) in [5.74, 6) is 0.210. The zero-order valence-corrected chi connectivity index (χ0v) is 14.8. The Balaban J connectivity index is 0.00000121. The van der Waals surface area contributed by atoms with Crippen LogP contribution in [0, 0.1) is 6.92 Å². The Morgan fingerprint density at radius 1 is 1.27 bits per heavy atom. The van der Waals surface area contributed by atoms with Gasteiger partial charge in [-0.3, -0.25) is 9.78 Å². The Bertz CT molecular complexity index is 483. The van der Waals surface area contributed by atoms with E-state index < -0.39 is 0 Å². The number of hydrogen-bond acceptors (Lipinski definition) is 3. The van der Waals surface area contributed by atoms with Crippen LogP contribution in [-0.4, -0.2) is 41.0 Å². The maximum absolute atomic E-state index is 12.4. The third kappa shape index (κ3) is 4.34. The van der Waals surface area contributed by atoms with Gasteiger partial charge in [0.1, 0.15) is 0 Å². The van der Waals surface area contributed by atoms with Crippen LogP contribution in [0.5, 0.6) is 0 Å². The van der Waals surface area contributed by atoms with Crippen molar-refractivity contribution in [3.8, 4) is 0 Å². The standard InChI is InChI=1S/C16H23N3O.2ClH/c1-11-3-4-12(10-17-11)7-16(20)19(2)15-8-13-5-6-14(9-15)18-13;;/h3-4,10,13-15,18H,5-9H2,1-2H3;2*1H. The van der Waals surface area contributed by atoms with Gasteiger partial charge in [0.15, 0.2) is 0 Å². The molecule has 1 N–H and O–H groups in total. The molecule has 1 aromatic heterocycles. The minimum Gasteiger partial charge on any atom is -0.342 e. The molecule has 4 nitrogen and oxygen atoms in total. The van der Waals surface area contributed by atoms with Crippen LogP contribution in [0.2, 0.25) is 0 Å². The van der Waals surface area contributed by atoms with Crippen molar-refractivity contribution in [1.29, 1.82) is 0 Å². The largest absolute Gasteiger partial charge is 0.342 e. The first-order chi connectivity index (χ1) is 9.61. The van der Waals surface area contributed by atoms with Crippen molar-refractivity contribution in [3.05, 3.63) is 29.6 Å². The number of aryl methyl sites for hydroxylation is 1. The summed E-state index contributed by atoms with van der Waals surface area (Å²) in [6.45, 7) is 1.96. The van der Waals surface area contributed by atoms with Crippen LogP contribution in [0.25, 0.3) is 0 Å². The number of aromatic nitrogens is 1. The maximum atomic E-state index is 12.4. The topological polar surface area (TPSA) is 45.2 Å². The molecule has 2 aliphatic rings. The molecule has 22 heavy (non-hydrogen) atoms. The van der Waals surface area contributed by atoms with Gasteiger partial charge in [-0.1, -0.05) is 6.07 Å². The van der Waals surface area contributed by atoms with Gasteiger partial charge in [-0.15, -0.1) is 24.8 Å². The number of halogens is 2. The average molecular weight is 346 g/mol. The lowest BCUT2D eigenvalue weighted by Gasteiger charge is -2.35. The molecule has 2 saturated heterocycles. The van der Waals surface area contributed by atoms with Crippen molar-refractivity contribution in [2.75, 3.05) is 7.05 Å². The zero-order valence-electron chi connectivity index (χ0n) is 13.1. The first-order valence-electron chi connectivity index (χ1n) is 7.55. The van der Waals surface area contributed by atoms with Gasteiger partial charge in [-0.25, -0.2) is 0 Å². The second-order valence-corrected chi connectivity index (χ2v) is 6.25. The molecular formula is C16H25Cl2N3O. The number of nitrogens with one attached hydrogen (secondary N) is 1. The van der Waals surface area contributed by atoms with E-state index in [0.29, 0.717) is 24.5 Å². The average Bonchev–Trinajstić information content (AvgIpc) is 2.79. The summed E-state index contributed by atoms with van der Waals surface area (Å²) in [5, 5.41) is 3.62. The highest BCUT2D eigenvalue weighted by molar-refractivity contribution is 5.85. The van der Waals surface area contributed by atoms with E-state index in [0.717, 1.165) is 24.1 Å². The number of pyridine rings is 1. The minimum absolute atomic E-state index is 0. The lowest BCUT2D eigenvalue weighted by Crippen LogP contribution is -2.49. The summed E-state index contributed by atoms with van der Waals surface area (Å²) in [6, 6.07) is 5.61. The number of carbonyl (C=O) groups excluding carboxylic acids is 1. The molecule has 2 aliphatic heterocycles. The molecule has 0 aliphatic carbocycles. The van der Waals surface area contributed by atoms with Crippen LogP contribution in [0.4, 0.5) is 0 Å². The van der Waals surface area contributed by atoms with E-state index in [4.69, 9.17) is 0 Å². The lowest BCUT2D eigenvalue weighted by atomic mass is 9.98. The molecule has 0 aromatic carbocycles. The monoisotopic (exact) mass is 345 g/mol. The van der Waals surface area contributed by atoms with Crippen LogP contribution in [0.1, 0.15) is 36.9 Å². The smallest absolute Gasteiger partial charge is 0.227 e. The zero-order chi connectivity index (χ0) is 14.1. The van der Waals surface area contributed by atoms with Crippen molar-refractivity contribution in [1.82, 2.24) is 15.2 Å². The van der Waals surface area contributed by atoms with Crippen LogP contribution in [0.3, 0.4) is 0 Å². The quantitative estimate of drug-likeness (QED) is 0.915. The van der Waals surface area contributed by atoms with Gasteiger partial charge in [0.2, 0.25) is 5.91 Å². The van der Waals surface area contributed by atoms with Crippen molar-refractivity contribution < 1.29 is 4.79 Å². The SMILES string of the molecule is Cc1ccc(CC(=O)N(C)C2CC3CCC(C2)N3)cn1.Cl.Cl. The molecule has 6 heteroatoms. The van der Waals surface area contributed by atoms with E-state index in [1.807, 2.05) is 37.2 Å². The molecule has 124 valence electrons. The van der Waals surface area contributed by atoms with Crippen molar-refractivity contribution in [2.24, 2.45) is 0 Å². The van der Waals surface area contributed by atoms with Gasteiger partial charge in [-0.05, 0) is 44.2 Å². The van der Waals surface area contributed by atoms with Crippen molar-refractivity contribution in [2.45, 2.75) is 57.2 Å². The fourth-order valence-electron chi connectivity index (χ4n) is 3.45. The van der Waals surface area contributed by atoms with E-state index in [-0.39, 0.29) is 30.7 Å². The molecule has 1 aromatic rings. The first kappa shape index (κ1) is 19.2. The number of fused-ring (bicyclic) bond motifs is 2. The molecule has 1 amide bonds. The number of hydrogen-bond donors (Lipinski definition) is 1. The van der Waals surface area contributed by atoms with Gasteiger partial charge >= 0.3 is 0 Å². The molecule has 2 unspecified atom stereocenters. The molecule has 2 fully saturated rings. The number of likely N-dealkylation sites (N-methyl/N-ethyl adjacent to an activating group) is 1. The predicted octanol–water partition coefficient (Wildman–Crippen LogP) is 2.52. The van der Waals surface area contributed by atoms with E-state index in [1.54, 1.807) is 0 Å². The molecule has 2 atom stereocenters. The van der Waals surface area contributed by atoms with Gasteiger partial charge in [0.05, 0.1) is 6.42 Å². The molecule has 0 radical (unpaired) electrons. The Labute approximate surface area is 144 Å². The summed E-state index contributed by atoms with van der Waals surface area (Å²) in [5.41, 5.74) is 1.99. The molecule has 3 heterocycles. The highest BCUT2D eigenvalue weighted by Crippen LogP contribution is 2.29. The second kappa shape index (κ2) is 8.14. The summed E-state index contributed by atoms with van der Waals surface area (Å²) in [7, 11) is 1.96. The third-order valence-electron chi connectivity index (χ3n) is 4.72. The Kier molecular flexibility index (Phi) is 7.10. The first-order valence-corrected chi connectivity index (χ1v) is 7.55. The van der Waals surface area contributed by atoms with Gasteiger partial charge in [0.25, 0.3) is 0 Å². The van der Waals surface area contributed by atoms with Crippen molar-refractivity contribution in [3.63, 3.8) is 0 Å². The summed E-state index contributed by atoms with van der Waals surface area (Å²) in [4.78, 5) is 18.6. The fourth-order valence-corrected chi connectivity index (χ4v) is 3.45. The summed E-state index contributed by atoms with van der Waals surface area (Å²) < 4.78 is 0. The van der Waals surface area contributed by atoms with Crippen LogP contribution >= 0.6 is 24.8 Å². The van der Waals surface area contributed by atoms with Crippen molar-refractivity contribution >= 4 is 30.7 Å². The maximum Gasteiger partial charge on any atom is 0.227 e. The van der Waals surface area contributed by atoms with Gasteiger partial charge < -0.3 is 10.2 Å². The highest BCUT2D eigenvalue weighted by atomic mass is 35.5. The normalized spacial score (nSPS) is 25.8. The number of piperidine rings is 1. The predicted molar refractivity (Wildman–Crippen MR) is 92.9 cm³/mol. The fraction of sp³-hybridized carbons (Fsp3) is 0.625. The molecule has 2 bridgehead atoms. The minimum atomic E-state index is 0. The molecular weight excluding hydrogens is 321 g/mol. The lowest BCUT2D eigenvalue weighted by molar-refractivity contribution is -0.131. The highest BCUT2D eigenvalue weighted by Gasteiger charge is 2.36. The van der Waals surface area contributed by atoms with Crippen LogP contribution < -0.4 is 5.32 Å². The summed E-state index contributed by atoms with van der Waals surface area (Å²) in [6.07, 6.45) is 7.02. The van der Waals surface area contributed by atoms with E-state index in [9.17, 15) is 4.79 Å². The van der Waals surface area contributed by atoms with Crippen LogP contribution in [0.15, 0.2) is 18.3 Å². The van der Waals surface area contributed by atoms with E-state index in [2.05, 4.69) is 10.3 Å². The second-order valence-electron chi connectivity index (χ2n) is 6.25. The van der Waals surface area contributed by atoms with E-state index in [1.165, 1.54) is 12.8 Å². The van der Waals surface area contributed by atoms with Gasteiger partial charge in [0, 0.05) is 37.1 Å². The third-order valence-corrected chi connectivity index (χ3v) is 4.72. The Morgan fingerprint density at radius 2 is 1.91 bits per heavy atom. The molecule has 3 rings (SSSR count). The Hall–Kier alpha value is -0.840. The number of nitrogens with zero attached hydrogens (tertiary/aromatic N) is 2. The van der Waals surface area contributed by atoms with E-state index >= 15 is 0 Å². The van der Waals surface area contributed by atoms with Gasteiger partial charge in [-0.2, -0.15) is 0 Å². The molecule has 0 saturated carbocycles. The number of carbonyl (C=O) groups is 1. The van der Waals surface area contributed by atoms with Crippen LogP contribution in [-0.2, 0) is 11.2 Å². The molecule has 0 spiro atoms. The number of amides is 1. The summed E-state index contributed by atoms with van der Waals surface area (Å²) >= 11 is 0. The number of rotatable bonds is 3. The Morgan fingerprint density at radius 3 is 2.45 bits per heavy atom.